The standard InChI is InChI=1S/C13H17N3O2/c1-7(2)5-10-6-11(17)15-13(14-10)12-8(3)16-18-9(12)4/h6-7H,5H2,1-4H3,(H,14,15,17). The lowest BCUT2D eigenvalue weighted by atomic mass is 10.1. The van der Waals surface area contributed by atoms with E-state index in [0.29, 0.717) is 17.5 Å². The number of nitrogens with zero attached hydrogens (tertiary/aromatic N) is 2. The highest BCUT2D eigenvalue weighted by atomic mass is 16.5. The van der Waals surface area contributed by atoms with Gasteiger partial charge in [0.05, 0.1) is 11.3 Å². The average Bonchev–Trinajstić information content (AvgIpc) is 2.56. The monoisotopic (exact) mass is 247 g/mol. The molecule has 0 unspecified atom stereocenters. The lowest BCUT2D eigenvalue weighted by molar-refractivity contribution is 0.393. The topological polar surface area (TPSA) is 71.8 Å². The van der Waals surface area contributed by atoms with Crippen molar-refractivity contribution in [3.63, 3.8) is 0 Å². The van der Waals surface area contributed by atoms with Gasteiger partial charge in [0.25, 0.3) is 5.56 Å². The van der Waals surface area contributed by atoms with E-state index in [-0.39, 0.29) is 5.56 Å². The third-order valence-electron chi connectivity index (χ3n) is 2.68. The smallest absolute Gasteiger partial charge is 0.251 e. The van der Waals surface area contributed by atoms with Gasteiger partial charge in [0.15, 0.2) is 0 Å². The number of hydrogen-bond acceptors (Lipinski definition) is 4. The fourth-order valence-corrected chi connectivity index (χ4v) is 1.97. The summed E-state index contributed by atoms with van der Waals surface area (Å²) in [5, 5.41) is 3.88. The molecule has 0 radical (unpaired) electrons. The van der Waals surface area contributed by atoms with Crippen molar-refractivity contribution in [1.82, 2.24) is 15.1 Å². The number of H-pyrrole nitrogens is 1. The van der Waals surface area contributed by atoms with Crippen LogP contribution in [0.15, 0.2) is 15.4 Å². The van der Waals surface area contributed by atoms with Crippen molar-refractivity contribution < 1.29 is 4.52 Å². The number of hydrogen-bond donors (Lipinski definition) is 1. The molecule has 18 heavy (non-hydrogen) atoms. The third-order valence-corrected chi connectivity index (χ3v) is 2.68. The Bertz CT molecular complexity index is 591. The Labute approximate surface area is 105 Å². The molecule has 2 aromatic heterocycles. The number of aromatic amines is 1. The second-order valence-corrected chi connectivity index (χ2v) is 4.88. The first kappa shape index (κ1) is 12.5. The van der Waals surface area contributed by atoms with Crippen LogP contribution in [0, 0.1) is 19.8 Å². The number of aryl methyl sites for hydroxylation is 2. The summed E-state index contributed by atoms with van der Waals surface area (Å²) >= 11 is 0. The first-order valence-corrected chi connectivity index (χ1v) is 6.01. The van der Waals surface area contributed by atoms with Gasteiger partial charge >= 0.3 is 0 Å². The fourth-order valence-electron chi connectivity index (χ4n) is 1.97. The highest BCUT2D eigenvalue weighted by molar-refractivity contribution is 5.59. The van der Waals surface area contributed by atoms with Gasteiger partial charge in [-0.15, -0.1) is 0 Å². The SMILES string of the molecule is Cc1noc(C)c1-c1nc(CC(C)C)cc(=O)[nH]1. The largest absolute Gasteiger partial charge is 0.361 e. The van der Waals surface area contributed by atoms with Crippen molar-refractivity contribution in [3.05, 3.63) is 33.6 Å². The Morgan fingerprint density at radius 1 is 1.39 bits per heavy atom. The maximum Gasteiger partial charge on any atom is 0.251 e. The van der Waals surface area contributed by atoms with Gasteiger partial charge in [-0.1, -0.05) is 19.0 Å². The minimum absolute atomic E-state index is 0.143. The van der Waals surface area contributed by atoms with Crippen molar-refractivity contribution in [1.29, 1.82) is 0 Å². The minimum Gasteiger partial charge on any atom is -0.361 e. The van der Waals surface area contributed by atoms with Crippen LogP contribution >= 0.6 is 0 Å². The van der Waals surface area contributed by atoms with Crippen molar-refractivity contribution in [3.8, 4) is 11.4 Å². The van der Waals surface area contributed by atoms with E-state index >= 15 is 0 Å². The number of nitrogens with one attached hydrogen (secondary N) is 1. The number of aromatic nitrogens is 3. The molecule has 0 spiro atoms. The van der Waals surface area contributed by atoms with Crippen LogP contribution in [-0.4, -0.2) is 15.1 Å². The molecule has 0 aromatic carbocycles. The Hall–Kier alpha value is -1.91. The molecular weight excluding hydrogens is 230 g/mol. The van der Waals surface area contributed by atoms with Crippen LogP contribution in [0.3, 0.4) is 0 Å². The van der Waals surface area contributed by atoms with Gasteiger partial charge in [-0.2, -0.15) is 0 Å². The number of rotatable bonds is 3. The third kappa shape index (κ3) is 2.50. The predicted molar refractivity (Wildman–Crippen MR) is 68.4 cm³/mol. The van der Waals surface area contributed by atoms with Crippen LogP contribution < -0.4 is 5.56 Å². The summed E-state index contributed by atoms with van der Waals surface area (Å²) in [7, 11) is 0. The molecule has 0 fully saturated rings. The summed E-state index contributed by atoms with van der Waals surface area (Å²) in [5.41, 5.74) is 2.16. The summed E-state index contributed by atoms with van der Waals surface area (Å²) < 4.78 is 5.10. The zero-order valence-electron chi connectivity index (χ0n) is 11.1. The zero-order chi connectivity index (χ0) is 13.3. The van der Waals surface area contributed by atoms with Crippen molar-refractivity contribution in [2.75, 3.05) is 0 Å². The van der Waals surface area contributed by atoms with Crippen LogP contribution in [0.4, 0.5) is 0 Å². The highest BCUT2D eigenvalue weighted by Gasteiger charge is 2.14. The maximum absolute atomic E-state index is 11.7. The Balaban J connectivity index is 2.52. The lowest BCUT2D eigenvalue weighted by Gasteiger charge is -2.06. The quantitative estimate of drug-likeness (QED) is 0.902. The molecule has 2 rings (SSSR count). The molecule has 0 saturated heterocycles. The van der Waals surface area contributed by atoms with E-state index in [0.717, 1.165) is 23.4 Å². The molecule has 5 heteroatoms. The minimum atomic E-state index is -0.143. The van der Waals surface area contributed by atoms with E-state index in [1.165, 1.54) is 0 Å². The van der Waals surface area contributed by atoms with Gasteiger partial charge in [-0.05, 0) is 26.2 Å². The zero-order valence-corrected chi connectivity index (χ0v) is 11.1. The molecule has 0 aliphatic heterocycles. The predicted octanol–water partition coefficient (Wildman–Crippen LogP) is 2.24. The van der Waals surface area contributed by atoms with E-state index in [1.54, 1.807) is 6.07 Å². The van der Waals surface area contributed by atoms with E-state index in [9.17, 15) is 4.79 Å². The van der Waals surface area contributed by atoms with Crippen molar-refractivity contribution in [2.45, 2.75) is 34.1 Å². The van der Waals surface area contributed by atoms with Crippen molar-refractivity contribution >= 4 is 0 Å². The van der Waals surface area contributed by atoms with E-state index in [1.807, 2.05) is 13.8 Å². The lowest BCUT2D eigenvalue weighted by Crippen LogP contribution is -2.12. The van der Waals surface area contributed by atoms with Gasteiger partial charge in [-0.3, -0.25) is 4.79 Å². The molecule has 2 aromatic rings. The van der Waals surface area contributed by atoms with Crippen LogP contribution in [0.25, 0.3) is 11.4 Å². The Kier molecular flexibility index (Phi) is 3.32. The second-order valence-electron chi connectivity index (χ2n) is 4.88. The second kappa shape index (κ2) is 4.76. The van der Waals surface area contributed by atoms with Crippen LogP contribution in [0.5, 0.6) is 0 Å². The molecule has 0 amide bonds. The molecule has 5 nitrogen and oxygen atoms in total. The van der Waals surface area contributed by atoms with Gasteiger partial charge in [-0.25, -0.2) is 4.98 Å². The summed E-state index contributed by atoms with van der Waals surface area (Å²) in [4.78, 5) is 18.9. The molecule has 1 N–H and O–H groups in total. The van der Waals surface area contributed by atoms with Gasteiger partial charge in [0.1, 0.15) is 11.6 Å². The first-order valence-electron chi connectivity index (χ1n) is 6.01. The van der Waals surface area contributed by atoms with Crippen molar-refractivity contribution in [2.24, 2.45) is 5.92 Å². The summed E-state index contributed by atoms with van der Waals surface area (Å²) in [5.74, 6) is 1.66. The van der Waals surface area contributed by atoms with Gasteiger partial charge in [0.2, 0.25) is 0 Å². The summed E-state index contributed by atoms with van der Waals surface area (Å²) in [6.45, 7) is 7.84. The summed E-state index contributed by atoms with van der Waals surface area (Å²) in [6.07, 6.45) is 0.778. The van der Waals surface area contributed by atoms with Crippen LogP contribution in [-0.2, 0) is 6.42 Å². The average molecular weight is 247 g/mol. The maximum atomic E-state index is 11.7. The molecule has 0 atom stereocenters. The summed E-state index contributed by atoms with van der Waals surface area (Å²) in [6, 6.07) is 1.54. The molecular formula is C13H17N3O2. The van der Waals surface area contributed by atoms with Gasteiger partial charge in [0, 0.05) is 11.8 Å². The van der Waals surface area contributed by atoms with E-state index in [2.05, 4.69) is 29.0 Å². The molecule has 96 valence electrons. The Morgan fingerprint density at radius 3 is 2.67 bits per heavy atom. The fraction of sp³-hybridized carbons (Fsp3) is 0.462. The first-order chi connectivity index (χ1) is 8.47. The molecule has 0 aliphatic carbocycles. The highest BCUT2D eigenvalue weighted by Crippen LogP contribution is 2.22. The van der Waals surface area contributed by atoms with Crippen LogP contribution in [0.1, 0.15) is 31.0 Å². The van der Waals surface area contributed by atoms with E-state index in [4.69, 9.17) is 4.52 Å². The van der Waals surface area contributed by atoms with Gasteiger partial charge < -0.3 is 9.51 Å². The molecule has 0 aliphatic rings. The van der Waals surface area contributed by atoms with Crippen LogP contribution in [0.2, 0.25) is 0 Å². The molecule has 2 heterocycles. The normalized spacial score (nSPS) is 11.2. The van der Waals surface area contributed by atoms with E-state index < -0.39 is 0 Å². The molecule has 0 bridgehead atoms. The Morgan fingerprint density at radius 2 is 2.11 bits per heavy atom. The molecule has 0 saturated carbocycles.